The van der Waals surface area contributed by atoms with Gasteiger partial charge in [-0.2, -0.15) is 5.10 Å². The molecule has 0 aliphatic heterocycles. The minimum Gasteiger partial charge on any atom is -0.368 e. The van der Waals surface area contributed by atoms with Gasteiger partial charge in [-0.1, -0.05) is 35.0 Å². The van der Waals surface area contributed by atoms with Crippen LogP contribution in [0.1, 0.15) is 17.0 Å². The minimum atomic E-state index is -0.477. The van der Waals surface area contributed by atoms with Gasteiger partial charge in [0.15, 0.2) is 5.82 Å². The molecule has 176 valence electrons. The molecule has 1 amide bonds. The van der Waals surface area contributed by atoms with Gasteiger partial charge < -0.3 is 15.6 Å². The lowest BCUT2D eigenvalue weighted by Crippen LogP contribution is -2.18. The number of nitrogens with one attached hydrogen (secondary N) is 1. The molecule has 3 aromatic heterocycles. The lowest BCUT2D eigenvalue weighted by atomic mass is 10.0. The van der Waals surface area contributed by atoms with Gasteiger partial charge in [0.05, 0.1) is 23.0 Å². The Balaban J connectivity index is 1.60. The van der Waals surface area contributed by atoms with Gasteiger partial charge in [-0.3, -0.25) is 9.48 Å². The maximum absolute atomic E-state index is 11.3. The summed E-state index contributed by atoms with van der Waals surface area (Å²) in [6, 6.07) is 13.6. The van der Waals surface area contributed by atoms with Crippen LogP contribution in [0.15, 0.2) is 59.4 Å². The third-order valence-corrected chi connectivity index (χ3v) is 5.81. The van der Waals surface area contributed by atoms with Gasteiger partial charge in [-0.05, 0) is 49.2 Å². The predicted octanol–water partition coefficient (Wildman–Crippen LogP) is 4.52. The third kappa shape index (κ3) is 4.71. The van der Waals surface area contributed by atoms with Crippen molar-refractivity contribution in [3.8, 4) is 22.5 Å². The molecule has 9 nitrogen and oxygen atoms in total. The summed E-state index contributed by atoms with van der Waals surface area (Å²) in [5, 5.41) is 13.2. The summed E-state index contributed by atoms with van der Waals surface area (Å²) in [5.74, 6) is 1.40. The van der Waals surface area contributed by atoms with Crippen molar-refractivity contribution in [3.63, 3.8) is 0 Å². The first-order valence-corrected chi connectivity index (χ1v) is 11.3. The highest BCUT2D eigenvalue weighted by atomic mass is 35.5. The smallest absolute Gasteiger partial charge is 0.239 e. The first-order valence-electron chi connectivity index (χ1n) is 10.9. The number of nitrogens with zero attached hydrogens (tertiary/aromatic N) is 5. The second-order valence-corrected chi connectivity index (χ2v) is 8.64. The van der Waals surface area contributed by atoms with E-state index in [4.69, 9.17) is 31.8 Å². The topological polar surface area (TPSA) is 125 Å². The molecule has 0 aliphatic rings. The number of carbonyl (C=O) groups is 1. The molecule has 3 heterocycles. The van der Waals surface area contributed by atoms with Crippen LogP contribution in [0.3, 0.4) is 0 Å². The van der Waals surface area contributed by atoms with E-state index in [0.717, 1.165) is 39.0 Å². The van der Waals surface area contributed by atoms with Crippen LogP contribution in [0, 0.1) is 13.8 Å². The summed E-state index contributed by atoms with van der Waals surface area (Å²) in [5.41, 5.74) is 10.5. The van der Waals surface area contributed by atoms with Gasteiger partial charge in [-0.15, -0.1) is 0 Å². The Labute approximate surface area is 205 Å². The monoisotopic (exact) mass is 487 g/mol. The number of hydrogen-bond acceptors (Lipinski definition) is 7. The van der Waals surface area contributed by atoms with Crippen molar-refractivity contribution in [2.75, 3.05) is 5.32 Å². The summed E-state index contributed by atoms with van der Waals surface area (Å²) in [7, 11) is 0. The molecule has 0 fully saturated rings. The van der Waals surface area contributed by atoms with Gasteiger partial charge in [-0.25, -0.2) is 9.97 Å². The van der Waals surface area contributed by atoms with Crippen molar-refractivity contribution in [3.05, 3.63) is 76.9 Å². The van der Waals surface area contributed by atoms with Gasteiger partial charge in [0.2, 0.25) is 5.91 Å². The fourth-order valence-corrected chi connectivity index (χ4v) is 4.21. The molecule has 0 saturated carbocycles. The zero-order chi connectivity index (χ0) is 24.5. The van der Waals surface area contributed by atoms with Crippen LogP contribution in [0.2, 0.25) is 5.02 Å². The van der Waals surface area contributed by atoms with E-state index in [-0.39, 0.29) is 6.54 Å². The Morgan fingerprint density at radius 3 is 2.74 bits per heavy atom. The van der Waals surface area contributed by atoms with E-state index >= 15 is 0 Å². The van der Waals surface area contributed by atoms with E-state index in [2.05, 4.69) is 15.6 Å². The molecule has 35 heavy (non-hydrogen) atoms. The molecular formula is C25H22ClN7O2. The lowest BCUT2D eigenvalue weighted by Gasteiger charge is -2.12. The van der Waals surface area contributed by atoms with Crippen molar-refractivity contribution < 1.29 is 9.32 Å². The second kappa shape index (κ2) is 9.19. The predicted molar refractivity (Wildman–Crippen MR) is 134 cm³/mol. The number of primary amides is 1. The van der Waals surface area contributed by atoms with E-state index in [9.17, 15) is 4.79 Å². The largest absolute Gasteiger partial charge is 0.368 e. The molecule has 0 atom stereocenters. The number of hydrogen-bond donors (Lipinski definition) is 2. The third-order valence-electron chi connectivity index (χ3n) is 5.58. The molecule has 5 rings (SSSR count). The van der Waals surface area contributed by atoms with Crippen molar-refractivity contribution in [1.29, 1.82) is 0 Å². The number of halogens is 1. The Morgan fingerprint density at radius 1 is 1.14 bits per heavy atom. The Morgan fingerprint density at radius 2 is 2.00 bits per heavy atom. The van der Waals surface area contributed by atoms with Crippen LogP contribution in [-0.4, -0.2) is 30.8 Å². The molecule has 0 saturated heterocycles. The molecule has 2 aromatic carbocycles. The van der Waals surface area contributed by atoms with Crippen LogP contribution in [0.4, 0.5) is 5.82 Å². The average molecular weight is 488 g/mol. The number of rotatable bonds is 7. The van der Waals surface area contributed by atoms with E-state index in [1.807, 2.05) is 56.3 Å². The molecule has 0 radical (unpaired) electrons. The maximum atomic E-state index is 11.3. The van der Waals surface area contributed by atoms with Crippen LogP contribution in [0.25, 0.3) is 33.4 Å². The first kappa shape index (κ1) is 22.5. The molecule has 0 bridgehead atoms. The van der Waals surface area contributed by atoms with Gasteiger partial charge in [0.1, 0.15) is 18.1 Å². The number of aromatic nitrogens is 5. The van der Waals surface area contributed by atoms with Crippen LogP contribution in [-0.2, 0) is 17.9 Å². The fourth-order valence-electron chi connectivity index (χ4n) is 4.00. The van der Waals surface area contributed by atoms with Crippen molar-refractivity contribution in [2.45, 2.75) is 26.9 Å². The van der Waals surface area contributed by atoms with Crippen LogP contribution < -0.4 is 11.1 Å². The minimum absolute atomic E-state index is 0.0196. The standard InChI is InChI=1S/C25H22ClN7O2/c1-14-23(15(2)35-32-14)17-6-7-21-20(9-17)25(28-10-16-4-3-5-19(26)8-16)31-24(30-21)18-11-29-33(12-18)13-22(27)34/h3-9,11-12H,10,13H2,1-2H3,(H2,27,34)(H,28,30,31). The Bertz CT molecular complexity index is 1540. The zero-order valence-corrected chi connectivity index (χ0v) is 19.9. The lowest BCUT2D eigenvalue weighted by molar-refractivity contribution is -0.118. The average Bonchev–Trinajstić information content (AvgIpc) is 3.42. The Kier molecular flexibility index (Phi) is 5.92. The highest BCUT2D eigenvalue weighted by molar-refractivity contribution is 6.30. The summed E-state index contributed by atoms with van der Waals surface area (Å²) in [6.45, 7) is 4.30. The number of carbonyl (C=O) groups excluding carboxylic acids is 1. The number of aryl methyl sites for hydroxylation is 2. The zero-order valence-electron chi connectivity index (χ0n) is 19.1. The molecule has 0 aliphatic carbocycles. The molecule has 3 N–H and O–H groups in total. The number of fused-ring (bicyclic) bond motifs is 1. The van der Waals surface area contributed by atoms with Crippen LogP contribution >= 0.6 is 11.6 Å². The summed E-state index contributed by atoms with van der Waals surface area (Å²) in [6.07, 6.45) is 3.31. The quantitative estimate of drug-likeness (QED) is 0.346. The highest BCUT2D eigenvalue weighted by Gasteiger charge is 2.16. The number of benzene rings is 2. The number of anilines is 1. The number of nitrogens with two attached hydrogens (primary N) is 1. The molecule has 0 spiro atoms. The van der Waals surface area contributed by atoms with E-state index in [1.165, 1.54) is 4.68 Å². The van der Waals surface area contributed by atoms with Gasteiger partial charge in [0.25, 0.3) is 0 Å². The molecule has 0 unspecified atom stereocenters. The van der Waals surface area contributed by atoms with Crippen molar-refractivity contribution >= 4 is 34.2 Å². The first-order chi connectivity index (χ1) is 16.9. The van der Waals surface area contributed by atoms with Crippen molar-refractivity contribution in [2.24, 2.45) is 5.73 Å². The molecular weight excluding hydrogens is 466 g/mol. The SMILES string of the molecule is Cc1noc(C)c1-c1ccc2nc(-c3cnn(CC(N)=O)c3)nc(NCc3cccc(Cl)c3)c2c1. The number of amides is 1. The second-order valence-electron chi connectivity index (χ2n) is 8.20. The highest BCUT2D eigenvalue weighted by Crippen LogP contribution is 2.32. The fraction of sp³-hybridized carbons (Fsp3) is 0.160. The van der Waals surface area contributed by atoms with E-state index in [1.54, 1.807) is 12.4 Å². The van der Waals surface area contributed by atoms with E-state index < -0.39 is 5.91 Å². The Hall–Kier alpha value is -4.24. The van der Waals surface area contributed by atoms with Gasteiger partial charge >= 0.3 is 0 Å². The normalized spacial score (nSPS) is 11.2. The van der Waals surface area contributed by atoms with Crippen LogP contribution in [0.5, 0.6) is 0 Å². The van der Waals surface area contributed by atoms with E-state index in [0.29, 0.717) is 28.8 Å². The maximum Gasteiger partial charge on any atom is 0.239 e. The summed E-state index contributed by atoms with van der Waals surface area (Å²) >= 11 is 6.16. The molecule has 5 aromatic rings. The van der Waals surface area contributed by atoms with Crippen molar-refractivity contribution in [1.82, 2.24) is 24.9 Å². The molecule has 10 heteroatoms. The summed E-state index contributed by atoms with van der Waals surface area (Å²) in [4.78, 5) is 20.8. The van der Waals surface area contributed by atoms with Gasteiger partial charge in [0, 0.05) is 28.7 Å². The summed E-state index contributed by atoms with van der Waals surface area (Å²) < 4.78 is 6.83.